The van der Waals surface area contributed by atoms with Crippen LogP contribution in [0.15, 0.2) is 59.7 Å². The van der Waals surface area contributed by atoms with Crippen LogP contribution in [0.25, 0.3) is 11.2 Å². The number of benzene rings is 2. The van der Waals surface area contributed by atoms with Gasteiger partial charge in [-0.05, 0) is 35.9 Å². The molecular formula is C23H24ClN5O2S. The zero-order chi connectivity index (χ0) is 22.8. The third kappa shape index (κ3) is 4.20. The Bertz CT molecular complexity index is 1300. The average Bonchev–Trinajstić information content (AvgIpc) is 3.05. The highest BCUT2D eigenvalue weighted by atomic mass is 35.5. The lowest BCUT2D eigenvalue weighted by molar-refractivity contribution is 0.415. The molecule has 9 heteroatoms. The van der Waals surface area contributed by atoms with Gasteiger partial charge in [0.15, 0.2) is 5.65 Å². The first kappa shape index (κ1) is 22.2. The molecule has 166 valence electrons. The molecule has 2 aromatic carbocycles. The van der Waals surface area contributed by atoms with Gasteiger partial charge in [-0.25, -0.2) is 18.7 Å². The number of nitrogens with zero attached hydrogens (tertiary/aromatic N) is 5. The number of hydrogen-bond acceptors (Lipinski definition) is 6. The number of halogens is 1. The van der Waals surface area contributed by atoms with Crippen LogP contribution in [-0.2, 0) is 6.54 Å². The minimum atomic E-state index is -0.277. The molecule has 2 heterocycles. The number of aromatic nitrogens is 4. The minimum Gasteiger partial charge on any atom is -0.497 e. The van der Waals surface area contributed by atoms with E-state index in [-0.39, 0.29) is 11.6 Å². The molecule has 1 unspecified atom stereocenters. The third-order valence-corrected chi connectivity index (χ3v) is 6.26. The Hall–Kier alpha value is -2.97. The summed E-state index contributed by atoms with van der Waals surface area (Å²) in [4.78, 5) is 24.1. The molecule has 1 atom stereocenters. The molecule has 0 aliphatic rings. The van der Waals surface area contributed by atoms with Gasteiger partial charge in [0.1, 0.15) is 17.6 Å². The number of fused-ring (bicyclic) bond motifs is 1. The molecule has 0 aliphatic heterocycles. The van der Waals surface area contributed by atoms with Gasteiger partial charge in [-0.2, -0.15) is 0 Å². The fraction of sp³-hybridized carbons (Fsp3) is 0.261. The molecule has 0 amide bonds. The van der Waals surface area contributed by atoms with Crippen LogP contribution in [0.2, 0.25) is 5.02 Å². The largest absolute Gasteiger partial charge is 0.497 e. The number of imidazole rings is 1. The Morgan fingerprint density at radius 1 is 1.16 bits per heavy atom. The van der Waals surface area contributed by atoms with Crippen molar-refractivity contribution in [3.63, 3.8) is 0 Å². The van der Waals surface area contributed by atoms with Gasteiger partial charge in [0.25, 0.3) is 0 Å². The van der Waals surface area contributed by atoms with E-state index in [4.69, 9.17) is 16.3 Å². The van der Waals surface area contributed by atoms with Crippen LogP contribution in [0.1, 0.15) is 24.1 Å². The molecule has 4 rings (SSSR count). The first-order valence-corrected chi connectivity index (χ1v) is 10.9. The lowest BCUT2D eigenvalue weighted by Crippen LogP contribution is -2.24. The number of thiol groups is 1. The van der Waals surface area contributed by atoms with Gasteiger partial charge >= 0.3 is 5.69 Å². The fourth-order valence-corrected chi connectivity index (χ4v) is 4.32. The number of methoxy groups -OCH3 is 1. The van der Waals surface area contributed by atoms with E-state index in [9.17, 15) is 4.79 Å². The van der Waals surface area contributed by atoms with Crippen LogP contribution in [0.4, 0.5) is 5.69 Å². The predicted molar refractivity (Wildman–Crippen MR) is 131 cm³/mol. The molecule has 0 spiro atoms. The molecule has 0 aliphatic carbocycles. The smallest absolute Gasteiger partial charge is 0.340 e. The zero-order valence-electron chi connectivity index (χ0n) is 18.1. The third-order valence-electron chi connectivity index (χ3n) is 5.52. The number of ether oxygens (including phenoxy) is 1. The Labute approximate surface area is 196 Å². The summed E-state index contributed by atoms with van der Waals surface area (Å²) in [5, 5.41) is 0.600. The van der Waals surface area contributed by atoms with Gasteiger partial charge in [-0.15, -0.1) is 0 Å². The summed E-state index contributed by atoms with van der Waals surface area (Å²) < 4.78 is 8.14. The summed E-state index contributed by atoms with van der Waals surface area (Å²) in [7, 11) is 3.67. The standard InChI is InChI=1S/C23H24ClN5O2S/c1-15(12-27(2)17-8-10-18(31-3)11-9-17)20-21-22(26-14-25-20)28(23(30)29(21)32)13-16-6-4-5-7-19(16)24/h4-11,14-15,32H,12-13H2,1-3H3. The summed E-state index contributed by atoms with van der Waals surface area (Å²) in [6.45, 7) is 3.07. The van der Waals surface area contributed by atoms with Crippen molar-refractivity contribution in [3.8, 4) is 5.75 Å². The van der Waals surface area contributed by atoms with Crippen molar-refractivity contribution in [3.05, 3.63) is 81.6 Å². The monoisotopic (exact) mass is 469 g/mol. The quantitative estimate of drug-likeness (QED) is 0.410. The van der Waals surface area contributed by atoms with Crippen molar-refractivity contribution < 1.29 is 4.74 Å². The molecule has 7 nitrogen and oxygen atoms in total. The van der Waals surface area contributed by atoms with Gasteiger partial charge in [-0.1, -0.05) is 49.5 Å². The highest BCUT2D eigenvalue weighted by molar-refractivity contribution is 7.78. The summed E-state index contributed by atoms with van der Waals surface area (Å²) in [5.41, 5.74) is 3.53. The Balaban J connectivity index is 1.67. The number of likely N-dealkylation sites (N-methyl/N-ethyl adjacent to an activating group) is 1. The molecular weight excluding hydrogens is 446 g/mol. The molecule has 32 heavy (non-hydrogen) atoms. The van der Waals surface area contributed by atoms with Gasteiger partial charge in [-0.3, -0.25) is 4.57 Å². The predicted octanol–water partition coefficient (Wildman–Crippen LogP) is 4.24. The van der Waals surface area contributed by atoms with Gasteiger partial charge in [0.05, 0.1) is 19.3 Å². The summed E-state index contributed by atoms with van der Waals surface area (Å²) >= 11 is 10.8. The van der Waals surface area contributed by atoms with Crippen LogP contribution in [0, 0.1) is 0 Å². The number of rotatable bonds is 7. The second kappa shape index (κ2) is 9.26. The highest BCUT2D eigenvalue weighted by Gasteiger charge is 2.22. The maximum Gasteiger partial charge on any atom is 0.340 e. The number of anilines is 1. The van der Waals surface area contributed by atoms with E-state index in [1.54, 1.807) is 17.7 Å². The van der Waals surface area contributed by atoms with Crippen molar-refractivity contribution in [1.82, 2.24) is 18.5 Å². The molecule has 0 saturated heterocycles. The molecule has 0 fully saturated rings. The van der Waals surface area contributed by atoms with Crippen molar-refractivity contribution >= 4 is 41.3 Å². The second-order valence-corrected chi connectivity index (χ2v) is 8.49. The molecule has 0 saturated carbocycles. The second-order valence-electron chi connectivity index (χ2n) is 7.68. The average molecular weight is 470 g/mol. The van der Waals surface area contributed by atoms with E-state index in [0.717, 1.165) is 22.7 Å². The highest BCUT2D eigenvalue weighted by Crippen LogP contribution is 2.26. The van der Waals surface area contributed by atoms with E-state index < -0.39 is 0 Å². The minimum absolute atomic E-state index is 0.0153. The fourth-order valence-electron chi connectivity index (χ4n) is 3.82. The van der Waals surface area contributed by atoms with Crippen molar-refractivity contribution in [2.45, 2.75) is 19.4 Å². The summed E-state index contributed by atoms with van der Waals surface area (Å²) in [6, 6.07) is 15.3. The SMILES string of the molecule is COc1ccc(N(C)CC(C)c2ncnc3c2n(S)c(=O)n3Cc2ccccc2Cl)cc1. The van der Waals surface area contributed by atoms with E-state index in [1.807, 2.05) is 49.5 Å². The first-order chi connectivity index (χ1) is 15.4. The first-order valence-electron chi connectivity index (χ1n) is 10.1. The van der Waals surface area contributed by atoms with Gasteiger partial charge in [0.2, 0.25) is 0 Å². The maximum atomic E-state index is 13.0. The molecule has 0 radical (unpaired) electrons. The number of hydrogen-bond donors (Lipinski definition) is 1. The van der Waals surface area contributed by atoms with E-state index in [2.05, 4.69) is 34.6 Å². The van der Waals surface area contributed by atoms with Crippen molar-refractivity contribution in [2.75, 3.05) is 25.6 Å². The van der Waals surface area contributed by atoms with Crippen LogP contribution in [0.3, 0.4) is 0 Å². The molecule has 4 aromatic rings. The lowest BCUT2D eigenvalue weighted by atomic mass is 10.1. The van der Waals surface area contributed by atoms with Crippen molar-refractivity contribution in [1.29, 1.82) is 0 Å². The topological polar surface area (TPSA) is 65.2 Å². The maximum absolute atomic E-state index is 13.0. The zero-order valence-corrected chi connectivity index (χ0v) is 19.7. The molecule has 2 aromatic heterocycles. The van der Waals surface area contributed by atoms with Gasteiger partial charge in [0, 0.05) is 30.2 Å². The van der Waals surface area contributed by atoms with Crippen LogP contribution < -0.4 is 15.3 Å². The van der Waals surface area contributed by atoms with E-state index in [0.29, 0.717) is 29.3 Å². The molecule has 0 bridgehead atoms. The van der Waals surface area contributed by atoms with Crippen LogP contribution in [-0.4, -0.2) is 39.2 Å². The summed E-state index contributed by atoms with van der Waals surface area (Å²) in [6.07, 6.45) is 1.50. The summed E-state index contributed by atoms with van der Waals surface area (Å²) in [5.74, 6) is 0.827. The van der Waals surface area contributed by atoms with Crippen LogP contribution >= 0.6 is 24.4 Å². The normalized spacial score (nSPS) is 12.2. The Kier molecular flexibility index (Phi) is 6.43. The van der Waals surface area contributed by atoms with E-state index >= 15 is 0 Å². The Morgan fingerprint density at radius 3 is 2.56 bits per heavy atom. The van der Waals surface area contributed by atoms with Crippen molar-refractivity contribution in [2.24, 2.45) is 0 Å². The van der Waals surface area contributed by atoms with Crippen LogP contribution in [0.5, 0.6) is 5.75 Å². The molecule has 0 N–H and O–H groups in total. The Morgan fingerprint density at radius 2 is 1.88 bits per heavy atom. The lowest BCUT2D eigenvalue weighted by Gasteiger charge is -2.23. The van der Waals surface area contributed by atoms with Gasteiger partial charge < -0.3 is 9.64 Å². The van der Waals surface area contributed by atoms with E-state index in [1.165, 1.54) is 10.3 Å².